The zero-order chi connectivity index (χ0) is 13.3. The van der Waals surface area contributed by atoms with Crippen LogP contribution in [-0.2, 0) is 6.42 Å². The summed E-state index contributed by atoms with van der Waals surface area (Å²) in [6.45, 7) is 10.5. The molecule has 2 N–H and O–H groups in total. The van der Waals surface area contributed by atoms with E-state index in [1.165, 1.54) is 5.56 Å². The Bertz CT molecular complexity index is 428. The third-order valence-corrected chi connectivity index (χ3v) is 3.60. The van der Waals surface area contributed by atoms with Gasteiger partial charge in [0.15, 0.2) is 0 Å². The smallest absolute Gasteiger partial charge is 0.135 e. The third-order valence-electron chi connectivity index (χ3n) is 3.60. The first kappa shape index (κ1) is 13.3. The lowest BCUT2D eigenvalue weighted by atomic mass is 10.1. The summed E-state index contributed by atoms with van der Waals surface area (Å²) in [6, 6.07) is 0.285. The first-order chi connectivity index (χ1) is 8.52. The molecule has 0 aliphatic carbocycles. The number of hydrogen-bond donors (Lipinski definition) is 1. The fourth-order valence-corrected chi connectivity index (χ4v) is 2.52. The van der Waals surface area contributed by atoms with Crippen LogP contribution in [0.1, 0.15) is 50.2 Å². The van der Waals surface area contributed by atoms with Crippen molar-refractivity contribution >= 4 is 5.82 Å². The first-order valence-corrected chi connectivity index (χ1v) is 6.90. The largest absolute Gasteiger partial charge is 0.355 e. The number of hydrogen-bond acceptors (Lipinski definition) is 4. The normalized spacial score (nSPS) is 19.9. The van der Waals surface area contributed by atoms with Crippen molar-refractivity contribution in [2.45, 2.75) is 52.5 Å². The molecule has 0 amide bonds. The van der Waals surface area contributed by atoms with Crippen molar-refractivity contribution in [3.8, 4) is 0 Å². The van der Waals surface area contributed by atoms with E-state index in [4.69, 9.17) is 10.7 Å². The highest BCUT2D eigenvalue weighted by molar-refractivity contribution is 5.50. The van der Waals surface area contributed by atoms with E-state index >= 15 is 0 Å². The second-order valence-corrected chi connectivity index (χ2v) is 5.47. The van der Waals surface area contributed by atoms with E-state index in [1.54, 1.807) is 0 Å². The maximum Gasteiger partial charge on any atom is 0.135 e. The molecule has 4 heteroatoms. The molecule has 0 bridgehead atoms. The highest BCUT2D eigenvalue weighted by atomic mass is 15.2. The molecule has 0 saturated carbocycles. The summed E-state index contributed by atoms with van der Waals surface area (Å²) in [5.41, 5.74) is 8.39. The van der Waals surface area contributed by atoms with E-state index in [1.807, 2.05) is 0 Å². The Morgan fingerprint density at radius 3 is 2.61 bits per heavy atom. The predicted octanol–water partition coefficient (Wildman–Crippen LogP) is 2.01. The monoisotopic (exact) mass is 248 g/mol. The van der Waals surface area contributed by atoms with Gasteiger partial charge in [0.05, 0.1) is 0 Å². The minimum absolute atomic E-state index is 0.285. The Hall–Kier alpha value is -1.16. The van der Waals surface area contributed by atoms with Crippen LogP contribution in [0.3, 0.4) is 0 Å². The molecule has 1 fully saturated rings. The topological polar surface area (TPSA) is 55.0 Å². The standard InChI is InChI=1S/C14H24N4/c1-5-12-10(4)16-13(9(2)3)17-14(12)18-7-6-11(15)8-18/h9,11H,5-8,15H2,1-4H3. The van der Waals surface area contributed by atoms with Crippen LogP contribution in [0, 0.1) is 6.92 Å². The van der Waals surface area contributed by atoms with Gasteiger partial charge in [-0.3, -0.25) is 0 Å². The van der Waals surface area contributed by atoms with Crippen molar-refractivity contribution in [1.82, 2.24) is 9.97 Å². The molecule has 1 atom stereocenters. The van der Waals surface area contributed by atoms with Gasteiger partial charge in [0.1, 0.15) is 11.6 Å². The molecule has 2 rings (SSSR count). The van der Waals surface area contributed by atoms with Crippen molar-refractivity contribution in [2.24, 2.45) is 5.73 Å². The Labute approximate surface area is 110 Å². The molecule has 0 spiro atoms. The third kappa shape index (κ3) is 2.48. The molecular formula is C14H24N4. The van der Waals surface area contributed by atoms with Crippen molar-refractivity contribution in [1.29, 1.82) is 0 Å². The molecule has 1 aromatic rings. The lowest BCUT2D eigenvalue weighted by Gasteiger charge is -2.22. The van der Waals surface area contributed by atoms with Crippen LogP contribution in [0.2, 0.25) is 0 Å². The van der Waals surface area contributed by atoms with Crippen molar-refractivity contribution in [2.75, 3.05) is 18.0 Å². The fraction of sp³-hybridized carbons (Fsp3) is 0.714. The Morgan fingerprint density at radius 1 is 1.39 bits per heavy atom. The number of nitrogens with two attached hydrogens (primary N) is 1. The van der Waals surface area contributed by atoms with Gasteiger partial charge in [0.25, 0.3) is 0 Å². The van der Waals surface area contributed by atoms with Gasteiger partial charge in [-0.2, -0.15) is 0 Å². The molecule has 1 aliphatic rings. The second-order valence-electron chi connectivity index (χ2n) is 5.47. The van der Waals surface area contributed by atoms with Gasteiger partial charge in [0.2, 0.25) is 0 Å². The van der Waals surface area contributed by atoms with Gasteiger partial charge in [-0.25, -0.2) is 9.97 Å². The lowest BCUT2D eigenvalue weighted by Crippen LogP contribution is -2.28. The molecule has 1 aliphatic heterocycles. The molecule has 100 valence electrons. The van der Waals surface area contributed by atoms with Crippen LogP contribution in [0.15, 0.2) is 0 Å². The summed E-state index contributed by atoms with van der Waals surface area (Å²) in [5, 5.41) is 0. The maximum atomic E-state index is 6.00. The summed E-state index contributed by atoms with van der Waals surface area (Å²) < 4.78 is 0. The van der Waals surface area contributed by atoms with Crippen LogP contribution in [-0.4, -0.2) is 29.1 Å². The Morgan fingerprint density at radius 2 is 2.11 bits per heavy atom. The summed E-state index contributed by atoms with van der Waals surface area (Å²) in [7, 11) is 0. The summed E-state index contributed by atoms with van der Waals surface area (Å²) in [5.74, 6) is 2.42. The number of aryl methyl sites for hydroxylation is 1. The van der Waals surface area contributed by atoms with E-state index in [-0.39, 0.29) is 6.04 Å². The molecule has 0 radical (unpaired) electrons. The zero-order valence-electron chi connectivity index (χ0n) is 11.9. The van der Waals surface area contributed by atoms with Crippen LogP contribution in [0.4, 0.5) is 5.82 Å². The van der Waals surface area contributed by atoms with E-state index < -0.39 is 0 Å². The molecule has 1 unspecified atom stereocenters. The number of rotatable bonds is 3. The lowest BCUT2D eigenvalue weighted by molar-refractivity contribution is 0.737. The molecule has 18 heavy (non-hydrogen) atoms. The summed E-state index contributed by atoms with van der Waals surface area (Å²) >= 11 is 0. The highest BCUT2D eigenvalue weighted by Gasteiger charge is 2.24. The molecule has 4 nitrogen and oxygen atoms in total. The molecule has 1 saturated heterocycles. The second kappa shape index (κ2) is 5.22. The van der Waals surface area contributed by atoms with Crippen LogP contribution in [0.5, 0.6) is 0 Å². The van der Waals surface area contributed by atoms with E-state index in [0.717, 1.165) is 43.3 Å². The Balaban J connectivity index is 2.42. The van der Waals surface area contributed by atoms with Gasteiger partial charge in [-0.15, -0.1) is 0 Å². The quantitative estimate of drug-likeness (QED) is 0.889. The summed E-state index contributed by atoms with van der Waals surface area (Å²) in [4.78, 5) is 11.7. The zero-order valence-corrected chi connectivity index (χ0v) is 11.9. The van der Waals surface area contributed by atoms with Crippen molar-refractivity contribution in [3.63, 3.8) is 0 Å². The molecular weight excluding hydrogens is 224 g/mol. The first-order valence-electron chi connectivity index (χ1n) is 6.90. The van der Waals surface area contributed by atoms with Gasteiger partial charge >= 0.3 is 0 Å². The average molecular weight is 248 g/mol. The highest BCUT2D eigenvalue weighted by Crippen LogP contribution is 2.26. The SMILES string of the molecule is CCc1c(C)nc(C(C)C)nc1N1CCC(N)C1. The minimum Gasteiger partial charge on any atom is -0.355 e. The van der Waals surface area contributed by atoms with Gasteiger partial charge in [-0.05, 0) is 19.8 Å². The van der Waals surface area contributed by atoms with Gasteiger partial charge < -0.3 is 10.6 Å². The molecule has 2 heterocycles. The van der Waals surface area contributed by atoms with Crippen molar-refractivity contribution in [3.05, 3.63) is 17.1 Å². The summed E-state index contributed by atoms with van der Waals surface area (Å²) in [6.07, 6.45) is 2.04. The number of anilines is 1. The Kier molecular flexibility index (Phi) is 3.85. The number of aromatic nitrogens is 2. The van der Waals surface area contributed by atoms with Crippen LogP contribution >= 0.6 is 0 Å². The predicted molar refractivity (Wildman–Crippen MR) is 75.0 cm³/mol. The molecule has 1 aromatic heterocycles. The maximum absolute atomic E-state index is 6.00. The molecule has 0 aromatic carbocycles. The van der Waals surface area contributed by atoms with Gasteiger partial charge in [0, 0.05) is 36.3 Å². The van der Waals surface area contributed by atoms with Crippen molar-refractivity contribution < 1.29 is 0 Å². The number of nitrogens with zero attached hydrogens (tertiary/aromatic N) is 3. The van der Waals surface area contributed by atoms with E-state index in [0.29, 0.717) is 5.92 Å². The fourth-order valence-electron chi connectivity index (χ4n) is 2.52. The van der Waals surface area contributed by atoms with Crippen LogP contribution in [0.25, 0.3) is 0 Å². The van der Waals surface area contributed by atoms with Gasteiger partial charge in [-0.1, -0.05) is 20.8 Å². The van der Waals surface area contributed by atoms with E-state index in [9.17, 15) is 0 Å². The minimum atomic E-state index is 0.285. The van der Waals surface area contributed by atoms with Crippen LogP contribution < -0.4 is 10.6 Å². The average Bonchev–Trinajstić information content (AvgIpc) is 2.74. The van der Waals surface area contributed by atoms with E-state index in [2.05, 4.69) is 37.6 Å².